The van der Waals surface area contributed by atoms with Crippen LogP contribution in [0.1, 0.15) is 48.2 Å². The Bertz CT molecular complexity index is 1040. The third-order valence-electron chi connectivity index (χ3n) is 6.36. The van der Waals surface area contributed by atoms with Crippen molar-refractivity contribution in [2.75, 3.05) is 26.7 Å². The van der Waals surface area contributed by atoms with Crippen molar-refractivity contribution in [3.05, 3.63) is 52.8 Å². The van der Waals surface area contributed by atoms with Gasteiger partial charge >= 0.3 is 0 Å². The molecule has 1 aromatic carbocycles. The van der Waals surface area contributed by atoms with Gasteiger partial charge in [0, 0.05) is 40.6 Å². The lowest BCUT2D eigenvalue weighted by atomic mass is 9.88. The zero-order valence-corrected chi connectivity index (χ0v) is 18.5. The number of aromatic amines is 1. The third-order valence-corrected chi connectivity index (χ3v) is 6.36. The van der Waals surface area contributed by atoms with Crippen molar-refractivity contribution < 1.29 is 4.79 Å². The van der Waals surface area contributed by atoms with Crippen molar-refractivity contribution >= 4 is 16.8 Å². The normalized spacial score (nSPS) is 15.6. The Kier molecular flexibility index (Phi) is 5.91. The smallest absolute Gasteiger partial charge is 0.233 e. The number of H-pyrrole nitrogens is 1. The highest BCUT2D eigenvalue weighted by Crippen LogP contribution is 2.35. The first-order valence-corrected chi connectivity index (χ1v) is 11.0. The minimum Gasteiger partial charge on any atom is -0.358 e. The molecule has 1 aliphatic heterocycles. The predicted molar refractivity (Wildman–Crippen MR) is 123 cm³/mol. The Hall–Kier alpha value is -2.66. The lowest BCUT2D eigenvalue weighted by Gasteiger charge is -2.31. The standard InChI is InChI=1S/C25H32N4O/c1-5-21-22-14-19(18-8-10-29(11-9-18)15-24(30)26-4)6-7-23(22)28-25(21)20-12-16(2)27-17(3)13-20/h6-7,12-14,18,28H,5,8-11,15H2,1-4H3,(H,26,30). The number of likely N-dealkylation sites (N-methyl/N-ethyl adjacent to an activating group) is 1. The van der Waals surface area contributed by atoms with E-state index in [1.807, 2.05) is 0 Å². The zero-order chi connectivity index (χ0) is 21.3. The highest BCUT2D eigenvalue weighted by molar-refractivity contribution is 5.91. The number of hydrogen-bond acceptors (Lipinski definition) is 3. The van der Waals surface area contributed by atoms with Gasteiger partial charge in [-0.1, -0.05) is 13.0 Å². The van der Waals surface area contributed by atoms with E-state index < -0.39 is 0 Å². The van der Waals surface area contributed by atoms with Gasteiger partial charge in [-0.15, -0.1) is 0 Å². The number of carbonyl (C=O) groups is 1. The number of fused-ring (bicyclic) bond motifs is 1. The van der Waals surface area contributed by atoms with Crippen LogP contribution in [0.5, 0.6) is 0 Å². The van der Waals surface area contributed by atoms with Crippen molar-refractivity contribution in [3.63, 3.8) is 0 Å². The SMILES string of the molecule is CCc1c(-c2cc(C)nc(C)c2)[nH]c2ccc(C3CCN(CC(=O)NC)CC3)cc12. The van der Waals surface area contributed by atoms with Gasteiger partial charge in [0.1, 0.15) is 0 Å². The van der Waals surface area contributed by atoms with E-state index in [1.54, 1.807) is 7.05 Å². The molecule has 0 atom stereocenters. The number of likely N-dealkylation sites (tertiary alicyclic amines) is 1. The van der Waals surface area contributed by atoms with E-state index in [4.69, 9.17) is 0 Å². The molecule has 3 heterocycles. The molecule has 0 spiro atoms. The summed E-state index contributed by atoms with van der Waals surface area (Å²) in [4.78, 5) is 22.1. The van der Waals surface area contributed by atoms with Crippen molar-refractivity contribution in [3.8, 4) is 11.3 Å². The Balaban J connectivity index is 1.61. The number of nitrogens with zero attached hydrogens (tertiary/aromatic N) is 2. The summed E-state index contributed by atoms with van der Waals surface area (Å²) < 4.78 is 0. The number of rotatable bonds is 5. The molecule has 3 aromatic rings. The summed E-state index contributed by atoms with van der Waals surface area (Å²) in [6.45, 7) is 8.80. The monoisotopic (exact) mass is 404 g/mol. The zero-order valence-electron chi connectivity index (χ0n) is 18.5. The maximum Gasteiger partial charge on any atom is 0.233 e. The summed E-state index contributed by atoms with van der Waals surface area (Å²) >= 11 is 0. The number of carbonyl (C=O) groups excluding carboxylic acids is 1. The van der Waals surface area contributed by atoms with Crippen LogP contribution in [0.15, 0.2) is 30.3 Å². The molecule has 0 saturated carbocycles. The fraction of sp³-hybridized carbons (Fsp3) is 0.440. The molecule has 158 valence electrons. The molecule has 0 unspecified atom stereocenters. The number of nitrogens with one attached hydrogen (secondary N) is 2. The highest BCUT2D eigenvalue weighted by atomic mass is 16.1. The summed E-state index contributed by atoms with van der Waals surface area (Å²) in [7, 11) is 1.70. The van der Waals surface area contributed by atoms with Gasteiger partial charge < -0.3 is 10.3 Å². The lowest BCUT2D eigenvalue weighted by Crippen LogP contribution is -2.40. The second-order valence-corrected chi connectivity index (χ2v) is 8.50. The van der Waals surface area contributed by atoms with E-state index in [-0.39, 0.29) is 5.91 Å². The van der Waals surface area contributed by atoms with Crippen molar-refractivity contribution in [1.29, 1.82) is 0 Å². The number of amides is 1. The molecule has 5 nitrogen and oxygen atoms in total. The van der Waals surface area contributed by atoms with Crippen molar-refractivity contribution in [1.82, 2.24) is 20.2 Å². The van der Waals surface area contributed by atoms with Crippen LogP contribution in [0.25, 0.3) is 22.2 Å². The third kappa shape index (κ3) is 4.12. The summed E-state index contributed by atoms with van der Waals surface area (Å²) in [6, 6.07) is 11.3. The number of aromatic nitrogens is 2. The highest BCUT2D eigenvalue weighted by Gasteiger charge is 2.23. The lowest BCUT2D eigenvalue weighted by molar-refractivity contribution is -0.122. The Morgan fingerprint density at radius 1 is 1.17 bits per heavy atom. The van der Waals surface area contributed by atoms with E-state index in [1.165, 1.54) is 33.3 Å². The quantitative estimate of drug-likeness (QED) is 0.665. The number of aryl methyl sites for hydroxylation is 3. The van der Waals surface area contributed by atoms with Crippen molar-refractivity contribution in [2.45, 2.75) is 46.0 Å². The largest absolute Gasteiger partial charge is 0.358 e. The molecule has 0 bridgehead atoms. The first-order valence-electron chi connectivity index (χ1n) is 11.0. The molecule has 2 N–H and O–H groups in total. The molecule has 1 aliphatic rings. The summed E-state index contributed by atoms with van der Waals surface area (Å²) in [5.41, 5.74) is 8.55. The Morgan fingerprint density at radius 3 is 2.50 bits per heavy atom. The van der Waals surface area contributed by atoms with E-state index in [0.717, 1.165) is 43.7 Å². The van der Waals surface area contributed by atoms with Gasteiger partial charge in [-0.3, -0.25) is 14.7 Å². The minimum atomic E-state index is 0.101. The van der Waals surface area contributed by atoms with Gasteiger partial charge in [-0.2, -0.15) is 0 Å². The molecule has 1 saturated heterocycles. The number of pyridine rings is 1. The molecular weight excluding hydrogens is 372 g/mol. The minimum absolute atomic E-state index is 0.101. The second kappa shape index (κ2) is 8.60. The van der Waals surface area contributed by atoms with Crippen LogP contribution in [0.3, 0.4) is 0 Å². The van der Waals surface area contributed by atoms with Gasteiger partial charge in [-0.25, -0.2) is 0 Å². The summed E-state index contributed by atoms with van der Waals surface area (Å²) in [5, 5.41) is 4.06. The van der Waals surface area contributed by atoms with Gasteiger partial charge in [0.05, 0.1) is 6.54 Å². The van der Waals surface area contributed by atoms with Gasteiger partial charge in [-0.05, 0) is 87.5 Å². The molecule has 1 amide bonds. The second-order valence-electron chi connectivity index (χ2n) is 8.50. The Morgan fingerprint density at radius 2 is 1.87 bits per heavy atom. The van der Waals surface area contributed by atoms with Crippen LogP contribution in [0.4, 0.5) is 0 Å². The fourth-order valence-electron chi connectivity index (χ4n) is 4.82. The molecule has 5 heteroatoms. The van der Waals surface area contributed by atoms with Crippen LogP contribution in [-0.2, 0) is 11.2 Å². The average molecular weight is 405 g/mol. The molecule has 2 aromatic heterocycles. The average Bonchev–Trinajstić information content (AvgIpc) is 3.11. The van der Waals surface area contributed by atoms with Crippen LogP contribution in [0.2, 0.25) is 0 Å². The van der Waals surface area contributed by atoms with Gasteiger partial charge in [0.2, 0.25) is 5.91 Å². The molecule has 30 heavy (non-hydrogen) atoms. The van der Waals surface area contributed by atoms with Gasteiger partial charge in [0.25, 0.3) is 0 Å². The van der Waals surface area contributed by atoms with Gasteiger partial charge in [0.15, 0.2) is 0 Å². The molecular formula is C25H32N4O. The van der Waals surface area contributed by atoms with Crippen molar-refractivity contribution in [2.24, 2.45) is 0 Å². The maximum absolute atomic E-state index is 11.6. The summed E-state index contributed by atoms with van der Waals surface area (Å²) in [6.07, 6.45) is 3.19. The van der Waals surface area contributed by atoms with E-state index in [2.05, 4.69) is 71.3 Å². The first-order chi connectivity index (χ1) is 14.5. The number of benzene rings is 1. The van der Waals surface area contributed by atoms with Crippen LogP contribution in [0, 0.1) is 13.8 Å². The van der Waals surface area contributed by atoms with E-state index >= 15 is 0 Å². The molecule has 4 rings (SSSR count). The summed E-state index contributed by atoms with van der Waals surface area (Å²) in [5.74, 6) is 0.660. The topological polar surface area (TPSA) is 61.0 Å². The maximum atomic E-state index is 11.6. The Labute approximate surface area is 178 Å². The molecule has 1 fully saturated rings. The number of piperidine rings is 1. The molecule has 0 aliphatic carbocycles. The predicted octanol–water partition coefficient (Wildman–Crippen LogP) is 4.33. The first kappa shape index (κ1) is 20.6. The van der Waals surface area contributed by atoms with E-state index in [9.17, 15) is 4.79 Å². The van der Waals surface area contributed by atoms with E-state index in [0.29, 0.717) is 12.5 Å². The molecule has 0 radical (unpaired) electrons. The number of hydrogen-bond donors (Lipinski definition) is 2. The fourth-order valence-corrected chi connectivity index (χ4v) is 4.82. The van der Waals surface area contributed by atoms with Crippen LogP contribution in [-0.4, -0.2) is 47.5 Å². The van der Waals surface area contributed by atoms with Crippen LogP contribution < -0.4 is 5.32 Å². The van der Waals surface area contributed by atoms with Crippen LogP contribution >= 0.6 is 0 Å².